The Labute approximate surface area is 210 Å². The summed E-state index contributed by atoms with van der Waals surface area (Å²) in [5, 5.41) is 2.41. The van der Waals surface area contributed by atoms with E-state index in [1.54, 1.807) is 0 Å². The van der Waals surface area contributed by atoms with Crippen molar-refractivity contribution in [2.24, 2.45) is 0 Å². The predicted molar refractivity (Wildman–Crippen MR) is 158 cm³/mol. The molecule has 0 spiro atoms. The van der Waals surface area contributed by atoms with Crippen LogP contribution in [0.2, 0.25) is 0 Å². The Morgan fingerprint density at radius 2 is 1.00 bits per heavy atom. The van der Waals surface area contributed by atoms with Crippen molar-refractivity contribution in [3.05, 3.63) is 48.5 Å². The minimum absolute atomic E-state index is 0. The molecule has 0 unspecified atom stereocenters. The maximum absolute atomic E-state index is 6.77. The topological polar surface area (TPSA) is 22.6 Å². The third-order valence-electron chi connectivity index (χ3n) is 4.22. The second-order valence-electron chi connectivity index (χ2n) is 7.70. The van der Waals surface area contributed by atoms with Crippen LogP contribution < -0.4 is 4.90 Å². The van der Waals surface area contributed by atoms with Gasteiger partial charge in [0.2, 0.25) is 0 Å². The molecular weight excluding hydrogens is 404 g/mol. The summed E-state index contributed by atoms with van der Waals surface area (Å²) in [4.78, 5) is 11.0. The number of benzene rings is 2. The van der Waals surface area contributed by atoms with Gasteiger partial charge in [0.1, 0.15) is 0 Å². The number of aromatic nitrogens is 1. The van der Waals surface area contributed by atoms with Gasteiger partial charge in [0.05, 0.1) is 16.7 Å². The van der Waals surface area contributed by atoms with Crippen LogP contribution in [0.3, 0.4) is 0 Å². The number of nitrogens with zero attached hydrogens (tertiary/aromatic N) is 4. The number of hydrogen-bond acceptors (Lipinski definition) is 4. The van der Waals surface area contributed by atoms with Gasteiger partial charge in [0, 0.05) is 27.6 Å². The van der Waals surface area contributed by atoms with Crippen LogP contribution in [-0.4, -0.2) is 70.2 Å². The number of para-hydroxylation sites is 2. The molecule has 0 atom stereocenters. The Bertz CT molecular complexity index is 817. The summed E-state index contributed by atoms with van der Waals surface area (Å²) in [5.41, 5.74) is 3.34. The molecule has 0 saturated carbocycles. The number of rotatable bonds is 5. The van der Waals surface area contributed by atoms with E-state index < -0.39 is 0 Å². The average molecular weight is 465 g/mol. The molecule has 0 N–H and O–H groups in total. The maximum Gasteiger partial charge on any atom is 0.0730 e. The van der Waals surface area contributed by atoms with Gasteiger partial charge in [0.25, 0.3) is 0 Å². The molecule has 4 heteroatoms. The molecule has 3 aromatic rings. The molecule has 0 amide bonds. The van der Waals surface area contributed by atoms with Crippen LogP contribution in [0.5, 0.6) is 0 Å². The van der Waals surface area contributed by atoms with E-state index >= 15 is 0 Å². The fraction of sp³-hybridized carbons (Fsp3) is 0.552. The first-order valence-corrected chi connectivity index (χ1v) is 10.1. The second-order valence-corrected chi connectivity index (χ2v) is 7.70. The SMILES string of the molecule is C.C.C.C.CN(C)c1c2ccccc2nc2ccccc12.[3H]CCCN(C)C.[3H]CCCN(C)C. The molecule has 0 aliphatic heterocycles. The van der Waals surface area contributed by atoms with E-state index in [4.69, 9.17) is 7.73 Å². The summed E-state index contributed by atoms with van der Waals surface area (Å²) in [5.74, 6) is 0. The highest BCUT2D eigenvalue weighted by Gasteiger charge is 2.09. The van der Waals surface area contributed by atoms with Gasteiger partial charge in [-0.3, -0.25) is 0 Å². The van der Waals surface area contributed by atoms with Crippen LogP contribution in [0.4, 0.5) is 5.69 Å². The van der Waals surface area contributed by atoms with Gasteiger partial charge >= 0.3 is 0 Å². The first kappa shape index (κ1) is 33.0. The minimum Gasteiger partial charge on any atom is -0.377 e. The average Bonchev–Trinajstić information content (AvgIpc) is 2.75. The summed E-state index contributed by atoms with van der Waals surface area (Å²) < 4.78 is 13.5. The summed E-state index contributed by atoms with van der Waals surface area (Å²) in [7, 11) is 12.2. The lowest BCUT2D eigenvalue weighted by atomic mass is 10.1. The lowest BCUT2D eigenvalue weighted by Crippen LogP contribution is -2.11. The first-order valence-electron chi connectivity index (χ1n) is 11.6. The molecule has 1 heterocycles. The lowest BCUT2D eigenvalue weighted by Gasteiger charge is -2.18. The normalized spacial score (nSPS) is 10.1. The smallest absolute Gasteiger partial charge is 0.0730 e. The third-order valence-corrected chi connectivity index (χ3v) is 4.22. The van der Waals surface area contributed by atoms with E-state index in [-0.39, 0.29) is 29.7 Å². The van der Waals surface area contributed by atoms with Crippen molar-refractivity contribution in [3.8, 4) is 0 Å². The van der Waals surface area contributed by atoms with Crippen molar-refractivity contribution in [3.63, 3.8) is 0 Å². The summed E-state index contributed by atoms with van der Waals surface area (Å²) in [6.07, 6.45) is 1.99. The quantitative estimate of drug-likeness (QED) is 0.358. The molecule has 0 bridgehead atoms. The van der Waals surface area contributed by atoms with E-state index in [1.165, 1.54) is 16.5 Å². The predicted octanol–water partition coefficient (Wildman–Crippen LogP) is 7.91. The second kappa shape index (κ2) is 20.4. The Hall–Kier alpha value is -2.17. The van der Waals surface area contributed by atoms with Gasteiger partial charge in [-0.1, -0.05) is 79.9 Å². The fourth-order valence-electron chi connectivity index (χ4n) is 2.93. The first-order chi connectivity index (χ1) is 14.8. The molecule has 2 aromatic carbocycles. The Balaban J connectivity index is -0.000000230. The van der Waals surface area contributed by atoms with Crippen molar-refractivity contribution < 1.29 is 2.74 Å². The monoisotopic (exact) mass is 464 g/mol. The molecular formula is C29H56N4. The van der Waals surface area contributed by atoms with E-state index in [2.05, 4.69) is 65.2 Å². The molecule has 0 saturated heterocycles. The van der Waals surface area contributed by atoms with Crippen molar-refractivity contribution in [1.29, 1.82) is 0 Å². The molecule has 33 heavy (non-hydrogen) atoms. The highest BCUT2D eigenvalue weighted by molar-refractivity contribution is 6.07. The molecule has 0 radical (unpaired) electrons. The van der Waals surface area contributed by atoms with Crippen LogP contribution in [0.15, 0.2) is 48.5 Å². The van der Waals surface area contributed by atoms with E-state index in [9.17, 15) is 0 Å². The zero-order valence-electron chi connectivity index (χ0n) is 21.2. The number of hydrogen-bond donors (Lipinski definition) is 0. The van der Waals surface area contributed by atoms with Gasteiger partial charge < -0.3 is 14.7 Å². The van der Waals surface area contributed by atoms with Crippen LogP contribution in [0.25, 0.3) is 21.8 Å². The third kappa shape index (κ3) is 13.2. The molecule has 3 rings (SSSR count). The van der Waals surface area contributed by atoms with Crippen molar-refractivity contribution in [2.75, 3.05) is 60.3 Å². The number of pyridine rings is 1. The zero-order valence-corrected chi connectivity index (χ0v) is 19.2. The van der Waals surface area contributed by atoms with Gasteiger partial charge in [-0.2, -0.15) is 0 Å². The molecule has 0 aliphatic rings. The summed E-state index contributed by atoms with van der Waals surface area (Å²) in [6, 6.07) is 16.6. The van der Waals surface area contributed by atoms with E-state index in [0.29, 0.717) is 13.8 Å². The molecule has 4 nitrogen and oxygen atoms in total. The largest absolute Gasteiger partial charge is 0.377 e. The fourth-order valence-corrected chi connectivity index (χ4v) is 2.93. The maximum atomic E-state index is 6.77. The minimum atomic E-state index is 0. The highest BCUT2D eigenvalue weighted by Crippen LogP contribution is 2.32. The van der Waals surface area contributed by atoms with Gasteiger partial charge in [-0.25, -0.2) is 4.98 Å². The Morgan fingerprint density at radius 1 is 0.636 bits per heavy atom. The van der Waals surface area contributed by atoms with Crippen LogP contribution in [0, 0.1) is 0 Å². The zero-order chi connectivity index (χ0) is 23.2. The lowest BCUT2D eigenvalue weighted by molar-refractivity contribution is 0.408. The summed E-state index contributed by atoms with van der Waals surface area (Å²) in [6.45, 7) is 3.20. The van der Waals surface area contributed by atoms with Crippen LogP contribution in [-0.2, 0) is 0 Å². The number of fused-ring (bicyclic) bond motifs is 2. The van der Waals surface area contributed by atoms with Gasteiger partial charge in [0.15, 0.2) is 0 Å². The molecule has 1 aromatic heterocycles. The van der Waals surface area contributed by atoms with Crippen LogP contribution in [0.1, 0.15) is 59.1 Å². The molecule has 0 fully saturated rings. The summed E-state index contributed by atoms with van der Waals surface area (Å²) >= 11 is 0. The molecule has 192 valence electrons. The van der Waals surface area contributed by atoms with E-state index in [1.807, 2.05) is 40.3 Å². The standard InChI is InChI=1S/C15H14N2.2C5H13N.4CH4/c1-17(2)15-11-7-3-5-9-13(11)16-14-10-6-4-8-12(14)15;2*1-4-5-6(2)3;;;;/h3-10H,1-2H3;2*4-5H2,1-3H3;4*1H4/i;2*1T;;;;. The Kier molecular flexibility index (Phi) is 20.4. The van der Waals surface area contributed by atoms with Gasteiger partial charge in [-0.05, 0) is 66.3 Å². The van der Waals surface area contributed by atoms with E-state index in [0.717, 1.165) is 37.0 Å². The highest BCUT2D eigenvalue weighted by atomic mass is 15.1. The van der Waals surface area contributed by atoms with Crippen molar-refractivity contribution in [1.82, 2.24) is 14.8 Å². The van der Waals surface area contributed by atoms with Crippen LogP contribution >= 0.6 is 0 Å². The van der Waals surface area contributed by atoms with Crippen molar-refractivity contribution in [2.45, 2.75) is 56.3 Å². The van der Waals surface area contributed by atoms with Gasteiger partial charge in [-0.15, -0.1) is 0 Å². The molecule has 0 aliphatic carbocycles. The Morgan fingerprint density at radius 3 is 1.27 bits per heavy atom. The number of anilines is 1. The van der Waals surface area contributed by atoms with Crippen molar-refractivity contribution >= 4 is 27.5 Å².